The molecule has 0 amide bonds. The lowest BCUT2D eigenvalue weighted by Gasteiger charge is -2.12. The van der Waals surface area contributed by atoms with Crippen molar-refractivity contribution in [1.29, 1.82) is 0 Å². The normalized spacial score (nSPS) is 10.8. The second-order valence-electron chi connectivity index (χ2n) is 5.00. The van der Waals surface area contributed by atoms with Crippen LogP contribution in [-0.2, 0) is 6.54 Å². The molecule has 0 fully saturated rings. The molecule has 0 radical (unpaired) electrons. The Morgan fingerprint density at radius 1 is 1.14 bits per heavy atom. The zero-order valence-corrected chi connectivity index (χ0v) is 12.5. The predicted molar refractivity (Wildman–Crippen MR) is 89.7 cm³/mol. The van der Waals surface area contributed by atoms with Gasteiger partial charge in [-0.25, -0.2) is 4.98 Å². The van der Waals surface area contributed by atoms with E-state index in [4.69, 9.17) is 17.3 Å². The van der Waals surface area contributed by atoms with Gasteiger partial charge in [-0.1, -0.05) is 35.9 Å². The van der Waals surface area contributed by atoms with E-state index in [-0.39, 0.29) is 0 Å². The number of nitrogen functional groups attached to an aromatic ring is 1. The van der Waals surface area contributed by atoms with Crippen LogP contribution in [0.1, 0.15) is 11.1 Å². The molecule has 0 saturated heterocycles. The van der Waals surface area contributed by atoms with Gasteiger partial charge in [0.1, 0.15) is 5.82 Å². The van der Waals surface area contributed by atoms with E-state index in [2.05, 4.69) is 17.2 Å². The average molecular weight is 298 g/mol. The molecule has 1 aromatic heterocycles. The molecule has 1 heterocycles. The van der Waals surface area contributed by atoms with E-state index in [0.29, 0.717) is 6.54 Å². The number of halogens is 1. The number of pyridine rings is 1. The first-order valence-electron chi connectivity index (χ1n) is 6.78. The number of benzene rings is 2. The molecule has 0 saturated carbocycles. The second-order valence-corrected chi connectivity index (χ2v) is 5.41. The van der Waals surface area contributed by atoms with Crippen LogP contribution in [0, 0.1) is 6.92 Å². The lowest BCUT2D eigenvalue weighted by molar-refractivity contribution is 1.12. The second kappa shape index (κ2) is 5.62. The van der Waals surface area contributed by atoms with Crippen molar-refractivity contribution in [1.82, 2.24) is 4.98 Å². The van der Waals surface area contributed by atoms with Crippen LogP contribution < -0.4 is 11.1 Å². The number of rotatable bonds is 3. The quantitative estimate of drug-likeness (QED) is 0.705. The van der Waals surface area contributed by atoms with Crippen LogP contribution in [-0.4, -0.2) is 4.98 Å². The Morgan fingerprint density at radius 2 is 1.95 bits per heavy atom. The van der Waals surface area contributed by atoms with E-state index in [0.717, 1.165) is 38.4 Å². The summed E-state index contributed by atoms with van der Waals surface area (Å²) in [5.41, 5.74) is 9.00. The Labute approximate surface area is 128 Å². The number of anilines is 2. The lowest BCUT2D eigenvalue weighted by Crippen LogP contribution is -2.03. The van der Waals surface area contributed by atoms with Crippen LogP contribution in [0.15, 0.2) is 48.7 Å². The van der Waals surface area contributed by atoms with Gasteiger partial charge in [0.15, 0.2) is 0 Å². The third-order valence-corrected chi connectivity index (χ3v) is 3.94. The minimum Gasteiger partial charge on any atom is -0.398 e. The number of nitrogens with zero attached hydrogens (tertiary/aromatic N) is 1. The Morgan fingerprint density at radius 3 is 2.76 bits per heavy atom. The van der Waals surface area contributed by atoms with Gasteiger partial charge in [0.2, 0.25) is 0 Å². The van der Waals surface area contributed by atoms with Gasteiger partial charge in [0, 0.05) is 34.2 Å². The Bertz CT molecular complexity index is 799. The van der Waals surface area contributed by atoms with Crippen LogP contribution in [0.5, 0.6) is 0 Å². The summed E-state index contributed by atoms with van der Waals surface area (Å²) in [6.45, 7) is 2.68. The summed E-state index contributed by atoms with van der Waals surface area (Å²) in [6, 6.07) is 13.7. The smallest absolute Gasteiger partial charge is 0.134 e. The molecule has 0 unspecified atom stereocenters. The van der Waals surface area contributed by atoms with Crippen molar-refractivity contribution < 1.29 is 0 Å². The summed E-state index contributed by atoms with van der Waals surface area (Å²) >= 11 is 6.18. The summed E-state index contributed by atoms with van der Waals surface area (Å²) in [5.74, 6) is 0.831. The Balaban J connectivity index is 1.98. The number of hydrogen-bond donors (Lipinski definition) is 2. The topological polar surface area (TPSA) is 50.9 Å². The van der Waals surface area contributed by atoms with E-state index >= 15 is 0 Å². The predicted octanol–water partition coefficient (Wildman–Crippen LogP) is 4.39. The Kier molecular flexibility index (Phi) is 3.67. The molecule has 3 N–H and O–H groups in total. The minimum absolute atomic E-state index is 0.625. The van der Waals surface area contributed by atoms with E-state index in [1.54, 1.807) is 6.20 Å². The van der Waals surface area contributed by atoms with Gasteiger partial charge < -0.3 is 11.1 Å². The number of nitrogens with two attached hydrogens (primary N) is 1. The maximum Gasteiger partial charge on any atom is 0.134 e. The first kappa shape index (κ1) is 13.7. The molecule has 3 nitrogen and oxygen atoms in total. The zero-order valence-electron chi connectivity index (χ0n) is 11.7. The van der Waals surface area contributed by atoms with Crippen molar-refractivity contribution in [2.24, 2.45) is 0 Å². The van der Waals surface area contributed by atoms with Gasteiger partial charge in [-0.15, -0.1) is 0 Å². The highest BCUT2D eigenvalue weighted by atomic mass is 35.5. The maximum absolute atomic E-state index is 6.18. The van der Waals surface area contributed by atoms with Crippen LogP contribution in [0.25, 0.3) is 10.8 Å². The van der Waals surface area contributed by atoms with Gasteiger partial charge in [-0.3, -0.25) is 0 Å². The van der Waals surface area contributed by atoms with Gasteiger partial charge >= 0.3 is 0 Å². The highest BCUT2D eigenvalue weighted by Gasteiger charge is 2.08. The fraction of sp³-hybridized carbons (Fsp3) is 0.118. The van der Waals surface area contributed by atoms with Crippen LogP contribution in [0.4, 0.5) is 11.5 Å². The fourth-order valence-electron chi connectivity index (χ4n) is 2.44. The van der Waals surface area contributed by atoms with Gasteiger partial charge in [-0.05, 0) is 36.2 Å². The number of aryl methyl sites for hydroxylation is 1. The molecule has 0 bridgehead atoms. The van der Waals surface area contributed by atoms with Crippen LogP contribution in [0.2, 0.25) is 5.02 Å². The Hall–Kier alpha value is -2.26. The van der Waals surface area contributed by atoms with Gasteiger partial charge in [0.25, 0.3) is 0 Å². The third-order valence-electron chi connectivity index (χ3n) is 3.57. The summed E-state index contributed by atoms with van der Waals surface area (Å²) in [6.07, 6.45) is 1.77. The van der Waals surface area contributed by atoms with Crippen molar-refractivity contribution in [3.05, 3.63) is 64.8 Å². The van der Waals surface area contributed by atoms with Crippen molar-refractivity contribution in [2.75, 3.05) is 11.1 Å². The SMILES string of the molecule is Cc1ccc(N)c2ccnc(NCc3ccccc3Cl)c12. The molecule has 21 heavy (non-hydrogen) atoms. The summed E-state index contributed by atoms with van der Waals surface area (Å²) < 4.78 is 0. The third kappa shape index (κ3) is 2.65. The number of aromatic nitrogens is 1. The van der Waals surface area contributed by atoms with Crippen molar-refractivity contribution in [3.63, 3.8) is 0 Å². The molecule has 0 aliphatic rings. The van der Waals surface area contributed by atoms with Crippen LogP contribution in [0.3, 0.4) is 0 Å². The van der Waals surface area contributed by atoms with Crippen molar-refractivity contribution in [3.8, 4) is 0 Å². The zero-order chi connectivity index (χ0) is 14.8. The number of hydrogen-bond acceptors (Lipinski definition) is 3. The first-order valence-corrected chi connectivity index (χ1v) is 7.15. The molecule has 2 aromatic carbocycles. The molecular formula is C17H16ClN3. The summed E-state index contributed by atoms with van der Waals surface area (Å²) in [7, 11) is 0. The summed E-state index contributed by atoms with van der Waals surface area (Å²) in [5, 5.41) is 6.19. The molecule has 3 rings (SSSR count). The molecule has 106 valence electrons. The molecular weight excluding hydrogens is 282 g/mol. The summed E-state index contributed by atoms with van der Waals surface area (Å²) in [4.78, 5) is 4.44. The van der Waals surface area contributed by atoms with Gasteiger partial charge in [-0.2, -0.15) is 0 Å². The van der Waals surface area contributed by atoms with Gasteiger partial charge in [0.05, 0.1) is 0 Å². The van der Waals surface area contributed by atoms with E-state index in [1.165, 1.54) is 0 Å². The lowest BCUT2D eigenvalue weighted by atomic mass is 10.1. The van der Waals surface area contributed by atoms with E-state index in [9.17, 15) is 0 Å². The van der Waals surface area contributed by atoms with E-state index < -0.39 is 0 Å². The number of nitrogens with one attached hydrogen (secondary N) is 1. The highest BCUT2D eigenvalue weighted by Crippen LogP contribution is 2.29. The molecule has 0 spiro atoms. The molecule has 0 aliphatic heterocycles. The van der Waals surface area contributed by atoms with E-state index in [1.807, 2.05) is 42.5 Å². The first-order chi connectivity index (χ1) is 10.2. The fourth-order valence-corrected chi connectivity index (χ4v) is 2.65. The maximum atomic E-state index is 6.18. The molecule has 0 aliphatic carbocycles. The molecule has 4 heteroatoms. The average Bonchev–Trinajstić information content (AvgIpc) is 2.50. The standard InChI is InChI=1S/C17H16ClN3/c1-11-6-7-15(19)13-8-9-20-17(16(11)13)21-10-12-4-2-3-5-14(12)18/h2-9H,10,19H2,1H3,(H,20,21). The molecule has 3 aromatic rings. The minimum atomic E-state index is 0.625. The van der Waals surface area contributed by atoms with Crippen molar-refractivity contribution in [2.45, 2.75) is 13.5 Å². The largest absolute Gasteiger partial charge is 0.398 e. The van der Waals surface area contributed by atoms with Crippen LogP contribution >= 0.6 is 11.6 Å². The monoisotopic (exact) mass is 297 g/mol. The molecule has 0 atom stereocenters. The van der Waals surface area contributed by atoms with Crippen molar-refractivity contribution >= 4 is 33.9 Å². The highest BCUT2D eigenvalue weighted by molar-refractivity contribution is 6.31. The number of fused-ring (bicyclic) bond motifs is 1.